The van der Waals surface area contributed by atoms with Crippen LogP contribution < -0.4 is 11.1 Å². The molecule has 98 valence electrons. The van der Waals surface area contributed by atoms with E-state index in [-0.39, 0.29) is 12.0 Å². The third-order valence-electron chi connectivity index (χ3n) is 2.86. The fourth-order valence-corrected chi connectivity index (χ4v) is 2.04. The highest BCUT2D eigenvalue weighted by atomic mass is 32.1. The van der Waals surface area contributed by atoms with Crippen LogP contribution in [-0.4, -0.2) is 30.2 Å². The summed E-state index contributed by atoms with van der Waals surface area (Å²) in [4.78, 5) is 12.1. The van der Waals surface area contributed by atoms with E-state index in [2.05, 4.69) is 5.32 Å². The van der Waals surface area contributed by atoms with E-state index in [0.717, 1.165) is 38.7 Å². The minimum Gasteiger partial charge on any atom is -0.393 e. The number of unbranched alkanes of at least 4 members (excludes halogenated alkanes) is 1. The molecule has 1 saturated heterocycles. The Morgan fingerprint density at radius 1 is 1.41 bits per heavy atom. The van der Waals surface area contributed by atoms with E-state index in [9.17, 15) is 4.79 Å². The van der Waals surface area contributed by atoms with Crippen molar-refractivity contribution in [2.45, 2.75) is 51.0 Å². The number of nitrogens with two attached hydrogens (primary N) is 1. The van der Waals surface area contributed by atoms with Gasteiger partial charge in [-0.3, -0.25) is 4.79 Å². The van der Waals surface area contributed by atoms with Gasteiger partial charge in [-0.05, 0) is 38.5 Å². The number of carbonyl (C=O) groups excluding carboxylic acids is 1. The van der Waals surface area contributed by atoms with Crippen LogP contribution >= 0.6 is 12.2 Å². The van der Waals surface area contributed by atoms with Gasteiger partial charge < -0.3 is 15.8 Å². The number of thiocarbonyl (C=S) groups is 1. The summed E-state index contributed by atoms with van der Waals surface area (Å²) in [7, 11) is 0. The maximum Gasteiger partial charge on any atom is 0.222 e. The lowest BCUT2D eigenvalue weighted by molar-refractivity contribution is -0.124. The second kappa shape index (κ2) is 8.42. The van der Waals surface area contributed by atoms with E-state index in [1.54, 1.807) is 0 Å². The summed E-state index contributed by atoms with van der Waals surface area (Å²) in [5, 5.41) is 2.90. The van der Waals surface area contributed by atoms with E-state index in [0.29, 0.717) is 18.0 Å². The largest absolute Gasteiger partial charge is 0.393 e. The Kier molecular flexibility index (Phi) is 7.12. The van der Waals surface area contributed by atoms with Crippen molar-refractivity contribution in [2.24, 2.45) is 5.73 Å². The van der Waals surface area contributed by atoms with Crippen LogP contribution in [0.1, 0.15) is 44.9 Å². The zero-order chi connectivity index (χ0) is 12.5. The molecule has 1 amide bonds. The molecule has 3 N–H and O–H groups in total. The van der Waals surface area contributed by atoms with Crippen molar-refractivity contribution < 1.29 is 9.53 Å². The Labute approximate surface area is 108 Å². The lowest BCUT2D eigenvalue weighted by Crippen LogP contribution is -2.31. The quantitative estimate of drug-likeness (QED) is 0.537. The molecule has 1 atom stereocenters. The van der Waals surface area contributed by atoms with Gasteiger partial charge in [-0.2, -0.15) is 0 Å². The summed E-state index contributed by atoms with van der Waals surface area (Å²) in [6.45, 7) is 1.50. The first-order chi connectivity index (χ1) is 8.18. The van der Waals surface area contributed by atoms with Gasteiger partial charge in [0.1, 0.15) is 0 Å². The summed E-state index contributed by atoms with van der Waals surface area (Å²) in [5.41, 5.74) is 5.39. The van der Waals surface area contributed by atoms with Gasteiger partial charge in [-0.25, -0.2) is 0 Å². The van der Waals surface area contributed by atoms with Gasteiger partial charge in [0, 0.05) is 13.2 Å². The molecule has 4 nitrogen and oxygen atoms in total. The predicted octanol–water partition coefficient (Wildman–Crippen LogP) is 1.52. The Morgan fingerprint density at radius 2 is 2.24 bits per heavy atom. The molecule has 0 spiro atoms. The number of carbonyl (C=O) groups is 1. The second-order valence-electron chi connectivity index (χ2n) is 4.47. The topological polar surface area (TPSA) is 64.3 Å². The molecule has 17 heavy (non-hydrogen) atoms. The Hall–Kier alpha value is -0.680. The predicted molar refractivity (Wildman–Crippen MR) is 71.9 cm³/mol. The maximum atomic E-state index is 11.6. The normalized spacial score (nSPS) is 19.9. The van der Waals surface area contributed by atoms with Crippen LogP contribution in [0.15, 0.2) is 0 Å². The lowest BCUT2D eigenvalue weighted by Gasteiger charge is -2.21. The summed E-state index contributed by atoms with van der Waals surface area (Å²) in [6, 6.07) is 0. The summed E-state index contributed by atoms with van der Waals surface area (Å²) in [5.74, 6) is 0.0900. The van der Waals surface area contributed by atoms with Crippen molar-refractivity contribution in [1.82, 2.24) is 5.32 Å². The number of hydrogen-bond acceptors (Lipinski definition) is 3. The average Bonchev–Trinajstić information content (AvgIpc) is 2.29. The molecule has 1 heterocycles. The van der Waals surface area contributed by atoms with Crippen LogP contribution in [0.25, 0.3) is 0 Å². The highest BCUT2D eigenvalue weighted by Crippen LogP contribution is 2.15. The fourth-order valence-electron chi connectivity index (χ4n) is 1.90. The summed E-state index contributed by atoms with van der Waals surface area (Å²) in [6.07, 6.45) is 6.55. The lowest BCUT2D eigenvalue weighted by atomic mass is 10.1. The van der Waals surface area contributed by atoms with Crippen LogP contribution in [0.3, 0.4) is 0 Å². The number of amides is 1. The molecule has 1 rings (SSSR count). The Balaban J connectivity index is 1.98. The van der Waals surface area contributed by atoms with Crippen molar-refractivity contribution >= 4 is 23.1 Å². The third kappa shape index (κ3) is 7.28. The minimum atomic E-state index is 0.0900. The molecule has 0 aromatic heterocycles. The molecule has 0 radical (unpaired) electrons. The molecule has 1 unspecified atom stereocenters. The smallest absolute Gasteiger partial charge is 0.222 e. The van der Waals surface area contributed by atoms with Crippen molar-refractivity contribution in [3.05, 3.63) is 0 Å². The average molecular weight is 258 g/mol. The van der Waals surface area contributed by atoms with Crippen LogP contribution in [0, 0.1) is 0 Å². The van der Waals surface area contributed by atoms with Gasteiger partial charge >= 0.3 is 0 Å². The molecule has 0 aliphatic carbocycles. The van der Waals surface area contributed by atoms with Gasteiger partial charge in [-0.15, -0.1) is 0 Å². The highest BCUT2D eigenvalue weighted by Gasteiger charge is 2.16. The first-order valence-corrected chi connectivity index (χ1v) is 6.76. The van der Waals surface area contributed by atoms with Crippen molar-refractivity contribution in [2.75, 3.05) is 13.2 Å². The highest BCUT2D eigenvalue weighted by molar-refractivity contribution is 7.80. The molecule has 1 fully saturated rings. The Morgan fingerprint density at radius 3 is 2.88 bits per heavy atom. The Bertz CT molecular complexity index is 253. The van der Waals surface area contributed by atoms with E-state index in [4.69, 9.17) is 22.7 Å². The standard InChI is InChI=1S/C12H22N2O2S/c13-11(17)6-1-3-7-14-12(15)9-10-5-2-4-8-16-10/h10H,1-9H2,(H2,13,17)(H,14,15). The first-order valence-electron chi connectivity index (χ1n) is 6.35. The second-order valence-corrected chi connectivity index (χ2v) is 4.99. The number of rotatable bonds is 7. The zero-order valence-electron chi connectivity index (χ0n) is 10.2. The van der Waals surface area contributed by atoms with E-state index < -0.39 is 0 Å². The molecular weight excluding hydrogens is 236 g/mol. The molecule has 1 aliphatic heterocycles. The first kappa shape index (κ1) is 14.4. The van der Waals surface area contributed by atoms with E-state index in [1.165, 1.54) is 6.42 Å². The zero-order valence-corrected chi connectivity index (χ0v) is 11.1. The van der Waals surface area contributed by atoms with Gasteiger partial charge in [0.05, 0.1) is 17.5 Å². The molecule has 0 aromatic carbocycles. The van der Waals surface area contributed by atoms with Crippen LogP contribution in [0.4, 0.5) is 0 Å². The number of hydrogen-bond donors (Lipinski definition) is 2. The molecule has 1 aliphatic rings. The van der Waals surface area contributed by atoms with Crippen LogP contribution in [-0.2, 0) is 9.53 Å². The number of ether oxygens (including phenoxy) is 1. The van der Waals surface area contributed by atoms with Crippen molar-refractivity contribution in [3.63, 3.8) is 0 Å². The minimum absolute atomic E-state index is 0.0900. The SMILES string of the molecule is NC(=S)CCCCNC(=O)CC1CCCCO1. The van der Waals surface area contributed by atoms with Gasteiger partial charge in [0.2, 0.25) is 5.91 Å². The van der Waals surface area contributed by atoms with Gasteiger partial charge in [0.15, 0.2) is 0 Å². The molecule has 5 heteroatoms. The maximum absolute atomic E-state index is 11.6. The molecule has 0 bridgehead atoms. The van der Waals surface area contributed by atoms with Gasteiger partial charge in [-0.1, -0.05) is 12.2 Å². The monoisotopic (exact) mass is 258 g/mol. The van der Waals surface area contributed by atoms with Crippen molar-refractivity contribution in [3.8, 4) is 0 Å². The van der Waals surface area contributed by atoms with Gasteiger partial charge in [0.25, 0.3) is 0 Å². The number of nitrogens with one attached hydrogen (secondary N) is 1. The third-order valence-corrected chi connectivity index (χ3v) is 3.06. The molecule has 0 aromatic rings. The summed E-state index contributed by atoms with van der Waals surface area (Å²) < 4.78 is 5.51. The van der Waals surface area contributed by atoms with E-state index in [1.807, 2.05) is 0 Å². The summed E-state index contributed by atoms with van der Waals surface area (Å²) >= 11 is 4.78. The molecular formula is C12H22N2O2S. The van der Waals surface area contributed by atoms with E-state index >= 15 is 0 Å². The molecule has 0 saturated carbocycles. The fraction of sp³-hybridized carbons (Fsp3) is 0.833. The van der Waals surface area contributed by atoms with Crippen LogP contribution in [0.2, 0.25) is 0 Å². The van der Waals surface area contributed by atoms with Crippen molar-refractivity contribution in [1.29, 1.82) is 0 Å². The van der Waals surface area contributed by atoms with Crippen LogP contribution in [0.5, 0.6) is 0 Å².